The first-order chi connectivity index (χ1) is 10.6. The monoisotopic (exact) mass is 317 g/mol. The van der Waals surface area contributed by atoms with Gasteiger partial charge in [-0.25, -0.2) is 0 Å². The summed E-state index contributed by atoms with van der Waals surface area (Å²) in [5, 5.41) is 9.49. The van der Waals surface area contributed by atoms with Crippen molar-refractivity contribution in [1.82, 2.24) is 10.6 Å². The average Bonchev–Trinajstić information content (AvgIpc) is 3.07. The highest BCUT2D eigenvalue weighted by molar-refractivity contribution is 7.12. The van der Waals surface area contributed by atoms with E-state index in [2.05, 4.69) is 16.0 Å². The van der Waals surface area contributed by atoms with Crippen molar-refractivity contribution in [2.24, 2.45) is 0 Å². The number of benzene rings is 1. The Bertz CT molecular complexity index is 666. The number of amides is 3. The lowest BCUT2D eigenvalue weighted by molar-refractivity contribution is -0.115. The molecule has 0 atom stereocenters. The van der Waals surface area contributed by atoms with E-state index in [-0.39, 0.29) is 24.3 Å². The minimum absolute atomic E-state index is 0.117. The summed E-state index contributed by atoms with van der Waals surface area (Å²) in [6.45, 7) is -0.117. The predicted octanol–water partition coefficient (Wildman–Crippen LogP) is 1.48. The van der Waals surface area contributed by atoms with Gasteiger partial charge in [0, 0.05) is 18.3 Å². The zero-order chi connectivity index (χ0) is 15.9. The van der Waals surface area contributed by atoms with Gasteiger partial charge in [0.25, 0.3) is 11.8 Å². The van der Waals surface area contributed by atoms with Crippen LogP contribution in [-0.4, -0.2) is 31.3 Å². The number of rotatable bonds is 5. The molecule has 0 bridgehead atoms. The van der Waals surface area contributed by atoms with Gasteiger partial charge >= 0.3 is 0 Å². The molecule has 2 aromatic rings. The molecule has 0 aliphatic carbocycles. The normalized spacial score (nSPS) is 9.86. The van der Waals surface area contributed by atoms with Gasteiger partial charge in [-0.3, -0.25) is 14.4 Å². The van der Waals surface area contributed by atoms with E-state index in [1.54, 1.807) is 48.8 Å². The molecule has 22 heavy (non-hydrogen) atoms. The molecule has 114 valence electrons. The lowest BCUT2D eigenvalue weighted by Gasteiger charge is -2.07. The van der Waals surface area contributed by atoms with E-state index in [0.717, 1.165) is 0 Å². The molecule has 1 heterocycles. The van der Waals surface area contributed by atoms with Gasteiger partial charge in [-0.15, -0.1) is 11.3 Å². The molecule has 2 rings (SSSR count). The summed E-state index contributed by atoms with van der Waals surface area (Å²) >= 11 is 1.31. The van der Waals surface area contributed by atoms with Crippen molar-refractivity contribution in [3.05, 3.63) is 52.2 Å². The van der Waals surface area contributed by atoms with Crippen molar-refractivity contribution in [1.29, 1.82) is 0 Å². The fraction of sp³-hybridized carbons (Fsp3) is 0.133. The van der Waals surface area contributed by atoms with Crippen molar-refractivity contribution < 1.29 is 14.4 Å². The van der Waals surface area contributed by atoms with Crippen molar-refractivity contribution in [2.45, 2.75) is 0 Å². The van der Waals surface area contributed by atoms with E-state index in [4.69, 9.17) is 0 Å². The first-order valence-corrected chi connectivity index (χ1v) is 7.42. The summed E-state index contributed by atoms with van der Waals surface area (Å²) in [7, 11) is 1.55. The van der Waals surface area contributed by atoms with E-state index in [9.17, 15) is 14.4 Å². The Morgan fingerprint density at radius 2 is 1.77 bits per heavy atom. The van der Waals surface area contributed by atoms with Crippen LogP contribution in [0.5, 0.6) is 0 Å². The van der Waals surface area contributed by atoms with Crippen molar-refractivity contribution in [3.8, 4) is 0 Å². The number of hydrogen-bond donors (Lipinski definition) is 3. The van der Waals surface area contributed by atoms with Gasteiger partial charge in [0.2, 0.25) is 5.91 Å². The Balaban J connectivity index is 1.84. The number of carbonyl (C=O) groups is 3. The molecule has 0 saturated heterocycles. The van der Waals surface area contributed by atoms with E-state index in [1.807, 2.05) is 0 Å². The molecule has 0 aliphatic heterocycles. The van der Waals surface area contributed by atoms with Crippen LogP contribution in [0.3, 0.4) is 0 Å². The second-order valence-corrected chi connectivity index (χ2v) is 5.31. The lowest BCUT2D eigenvalue weighted by Crippen LogP contribution is -2.32. The van der Waals surface area contributed by atoms with Crippen LogP contribution in [0, 0.1) is 0 Å². The molecular formula is C15H15N3O3S. The van der Waals surface area contributed by atoms with Crippen LogP contribution in [0.25, 0.3) is 0 Å². The number of thiophene rings is 1. The topological polar surface area (TPSA) is 87.3 Å². The van der Waals surface area contributed by atoms with Crippen LogP contribution in [0.15, 0.2) is 41.8 Å². The van der Waals surface area contributed by atoms with Gasteiger partial charge in [0.15, 0.2) is 0 Å². The Labute approximate surface area is 131 Å². The molecule has 1 aromatic heterocycles. The van der Waals surface area contributed by atoms with Crippen LogP contribution in [0.2, 0.25) is 0 Å². The van der Waals surface area contributed by atoms with Crippen LogP contribution >= 0.6 is 11.3 Å². The molecule has 3 N–H and O–H groups in total. The lowest BCUT2D eigenvalue weighted by atomic mass is 10.2. The summed E-state index contributed by atoms with van der Waals surface area (Å²) in [5.74, 6) is -0.807. The Hall–Kier alpha value is -2.67. The van der Waals surface area contributed by atoms with Gasteiger partial charge in [-0.1, -0.05) is 6.07 Å². The first-order valence-electron chi connectivity index (χ1n) is 6.54. The maximum absolute atomic E-state index is 11.8. The number of nitrogens with one attached hydrogen (secondary N) is 3. The Morgan fingerprint density at radius 3 is 2.36 bits per heavy atom. The summed E-state index contributed by atoms with van der Waals surface area (Å²) in [6, 6.07) is 9.94. The van der Waals surface area contributed by atoms with Crippen LogP contribution in [-0.2, 0) is 4.79 Å². The Kier molecular flexibility index (Phi) is 5.26. The van der Waals surface area contributed by atoms with Crippen molar-refractivity contribution in [3.63, 3.8) is 0 Å². The van der Waals surface area contributed by atoms with Gasteiger partial charge < -0.3 is 16.0 Å². The highest BCUT2D eigenvalue weighted by Crippen LogP contribution is 2.10. The number of anilines is 1. The molecule has 0 unspecified atom stereocenters. The SMILES string of the molecule is CNC(=O)c1ccc(NC(=O)CNC(=O)c2cccs2)cc1. The van der Waals surface area contributed by atoms with E-state index >= 15 is 0 Å². The molecule has 0 spiro atoms. The molecule has 0 fully saturated rings. The van der Waals surface area contributed by atoms with Crippen molar-refractivity contribution in [2.75, 3.05) is 18.9 Å². The van der Waals surface area contributed by atoms with Gasteiger partial charge in [0.1, 0.15) is 0 Å². The molecule has 0 saturated carbocycles. The zero-order valence-electron chi connectivity index (χ0n) is 11.9. The van der Waals surface area contributed by atoms with Gasteiger partial charge in [-0.2, -0.15) is 0 Å². The molecule has 1 aromatic carbocycles. The minimum Gasteiger partial charge on any atom is -0.355 e. The third kappa shape index (κ3) is 4.16. The third-order valence-corrected chi connectivity index (χ3v) is 3.68. The Morgan fingerprint density at radius 1 is 1.05 bits per heavy atom. The van der Waals surface area contributed by atoms with Gasteiger partial charge in [0.05, 0.1) is 11.4 Å². The molecule has 3 amide bonds. The quantitative estimate of drug-likeness (QED) is 0.780. The second kappa shape index (κ2) is 7.37. The maximum atomic E-state index is 11.8. The highest BCUT2D eigenvalue weighted by Gasteiger charge is 2.09. The summed E-state index contributed by atoms with van der Waals surface area (Å²) in [5.41, 5.74) is 1.06. The largest absolute Gasteiger partial charge is 0.355 e. The zero-order valence-corrected chi connectivity index (χ0v) is 12.7. The third-order valence-electron chi connectivity index (χ3n) is 2.81. The summed E-state index contributed by atoms with van der Waals surface area (Å²) in [6.07, 6.45) is 0. The van der Waals surface area contributed by atoms with Gasteiger partial charge in [-0.05, 0) is 35.7 Å². The molecule has 6 nitrogen and oxygen atoms in total. The fourth-order valence-electron chi connectivity index (χ4n) is 1.71. The van der Waals surface area contributed by atoms with Crippen LogP contribution < -0.4 is 16.0 Å². The van der Waals surface area contributed by atoms with Crippen LogP contribution in [0.4, 0.5) is 5.69 Å². The summed E-state index contributed by atoms with van der Waals surface area (Å²) in [4.78, 5) is 35.4. The number of carbonyl (C=O) groups excluding carboxylic acids is 3. The van der Waals surface area contributed by atoms with Crippen LogP contribution in [0.1, 0.15) is 20.0 Å². The maximum Gasteiger partial charge on any atom is 0.261 e. The highest BCUT2D eigenvalue weighted by atomic mass is 32.1. The molecule has 7 heteroatoms. The standard InChI is InChI=1S/C15H15N3O3S/c1-16-14(20)10-4-6-11(7-5-10)18-13(19)9-17-15(21)12-3-2-8-22-12/h2-8H,9H2,1H3,(H,16,20)(H,17,21)(H,18,19). The summed E-state index contributed by atoms with van der Waals surface area (Å²) < 4.78 is 0. The van der Waals surface area contributed by atoms with E-state index in [0.29, 0.717) is 16.1 Å². The molecule has 0 radical (unpaired) electrons. The fourth-order valence-corrected chi connectivity index (χ4v) is 2.35. The minimum atomic E-state index is -0.336. The van der Waals surface area contributed by atoms with E-state index < -0.39 is 0 Å². The molecule has 0 aliphatic rings. The molecular weight excluding hydrogens is 302 g/mol. The van der Waals surface area contributed by atoms with Crippen molar-refractivity contribution >= 4 is 34.7 Å². The van der Waals surface area contributed by atoms with E-state index in [1.165, 1.54) is 11.3 Å². The predicted molar refractivity (Wildman–Crippen MR) is 85.1 cm³/mol. The average molecular weight is 317 g/mol. The smallest absolute Gasteiger partial charge is 0.261 e. The second-order valence-electron chi connectivity index (χ2n) is 4.36. The first kappa shape index (κ1) is 15.7. The number of hydrogen-bond acceptors (Lipinski definition) is 4.